The largest absolute Gasteiger partial charge is 0.479 e. The van der Waals surface area contributed by atoms with Crippen LogP contribution in [0, 0.1) is 11.3 Å². The number of aromatic nitrogens is 1. The molecule has 1 aromatic heterocycles. The zero-order valence-corrected chi connectivity index (χ0v) is 25.8. The molecule has 1 amide bonds. The minimum Gasteiger partial charge on any atom is -0.479 e. The number of aliphatic imine (C=N–C) groups is 2. The van der Waals surface area contributed by atoms with Crippen LogP contribution in [0.5, 0.6) is 0 Å². The first kappa shape index (κ1) is 30.9. The Morgan fingerprint density at radius 1 is 1.33 bits per heavy atom. The van der Waals surface area contributed by atoms with Crippen molar-refractivity contribution in [3.05, 3.63) is 42.2 Å². The fourth-order valence-corrected chi connectivity index (χ4v) is 6.69. The molecule has 0 spiro atoms. The lowest BCUT2D eigenvalue weighted by molar-refractivity contribution is -0.191. The Morgan fingerprint density at radius 2 is 2.17 bits per heavy atom. The van der Waals surface area contributed by atoms with Gasteiger partial charge in [-0.1, -0.05) is 22.6 Å². The number of nitrogens with zero attached hydrogens (tertiary/aromatic N) is 4. The SMILES string of the molecule is NC(=CC=NC1=CCC2C(=O)NSc3ccc(nc3)NCCNC3CC(CI)N(C3)C2=N1)OCCC1(C(F)(F)F)CC1. The van der Waals surface area contributed by atoms with Gasteiger partial charge in [0.05, 0.1) is 12.0 Å². The maximum atomic E-state index is 13.4. The standard InChI is InChI=1S/C27H34F3IN8O2S/c28-27(29,30)26(6-7-26)8-12-41-21(32)5-9-34-23-4-2-20-24(37-23)39-16-17(13-18(39)14-31)33-10-11-35-22-3-1-19(15-36-22)42-38-25(20)40/h1,3-5,9,15,17-18,20,33H,2,6-8,10-14,16,32H2,(H,35,36)(H,38,40). The molecule has 228 valence electrons. The van der Waals surface area contributed by atoms with Gasteiger partial charge in [0.2, 0.25) is 5.91 Å². The van der Waals surface area contributed by atoms with E-state index in [0.29, 0.717) is 24.6 Å². The van der Waals surface area contributed by atoms with Crippen LogP contribution in [-0.4, -0.2) is 76.8 Å². The Balaban J connectivity index is 1.28. The van der Waals surface area contributed by atoms with E-state index in [4.69, 9.17) is 15.5 Å². The summed E-state index contributed by atoms with van der Waals surface area (Å²) in [7, 11) is 0. The van der Waals surface area contributed by atoms with E-state index in [9.17, 15) is 18.0 Å². The average Bonchev–Trinajstić information content (AvgIpc) is 3.66. The first-order chi connectivity index (χ1) is 20.2. The molecule has 0 aromatic carbocycles. The number of carbonyl (C=O) groups is 1. The second-order valence-corrected chi connectivity index (χ2v) is 12.5. The van der Waals surface area contributed by atoms with Crippen LogP contribution in [0.15, 0.2) is 57.1 Å². The summed E-state index contributed by atoms with van der Waals surface area (Å²) >= 11 is 3.59. The number of hydrogen-bond acceptors (Lipinski definition) is 10. The number of pyridine rings is 1. The third kappa shape index (κ3) is 7.51. The van der Waals surface area contributed by atoms with Crippen molar-refractivity contribution in [2.45, 2.75) is 55.3 Å². The minimum absolute atomic E-state index is 0.0183. The normalized spacial score (nSPS) is 26.3. The number of allylic oxidation sites excluding steroid dienone is 2. The minimum atomic E-state index is -4.22. The highest BCUT2D eigenvalue weighted by atomic mass is 127. The summed E-state index contributed by atoms with van der Waals surface area (Å²) in [5, 5.41) is 6.93. The third-order valence-electron chi connectivity index (χ3n) is 7.90. The quantitative estimate of drug-likeness (QED) is 0.110. The van der Waals surface area contributed by atoms with Gasteiger partial charge in [-0.15, -0.1) is 0 Å². The van der Waals surface area contributed by atoms with Crippen LogP contribution in [0.1, 0.15) is 32.1 Å². The highest BCUT2D eigenvalue weighted by molar-refractivity contribution is 14.1. The Bertz CT molecular complexity index is 1250. The number of nitrogens with two attached hydrogens (primary N) is 1. The predicted molar refractivity (Wildman–Crippen MR) is 165 cm³/mol. The molecule has 6 rings (SSSR count). The summed E-state index contributed by atoms with van der Waals surface area (Å²) in [6, 6.07) is 4.24. The maximum Gasteiger partial charge on any atom is 0.394 e. The van der Waals surface area contributed by atoms with Crippen molar-refractivity contribution >= 4 is 58.3 Å². The number of fused-ring (bicyclic) bond motifs is 7. The molecule has 42 heavy (non-hydrogen) atoms. The molecule has 4 aliphatic heterocycles. The van der Waals surface area contributed by atoms with Gasteiger partial charge in [-0.05, 0) is 62.3 Å². The number of rotatable bonds is 7. The van der Waals surface area contributed by atoms with E-state index < -0.39 is 17.5 Å². The fourth-order valence-electron chi connectivity index (χ4n) is 5.25. The maximum absolute atomic E-state index is 13.4. The molecule has 2 fully saturated rings. The molecule has 4 bridgehead atoms. The first-order valence-corrected chi connectivity index (χ1v) is 16.2. The van der Waals surface area contributed by atoms with Crippen LogP contribution in [0.3, 0.4) is 0 Å². The molecule has 3 unspecified atom stereocenters. The molecule has 1 aliphatic carbocycles. The van der Waals surface area contributed by atoms with Crippen LogP contribution in [-0.2, 0) is 9.53 Å². The summed E-state index contributed by atoms with van der Waals surface area (Å²) in [6.45, 7) is 2.10. The van der Waals surface area contributed by atoms with Crippen molar-refractivity contribution in [3.63, 3.8) is 0 Å². The number of amides is 1. The monoisotopic (exact) mass is 718 g/mol. The molecule has 5 heterocycles. The predicted octanol–water partition coefficient (Wildman–Crippen LogP) is 3.98. The molecule has 10 nitrogen and oxygen atoms in total. The van der Waals surface area contributed by atoms with E-state index >= 15 is 0 Å². The highest BCUT2D eigenvalue weighted by Crippen LogP contribution is 2.59. The molecule has 1 aromatic rings. The molecule has 1 saturated carbocycles. The van der Waals surface area contributed by atoms with Gasteiger partial charge in [-0.2, -0.15) is 13.2 Å². The fraction of sp³-hybridized carbons (Fsp3) is 0.556. The molecular formula is C27H34F3IN8O2S. The van der Waals surface area contributed by atoms with Crippen LogP contribution in [0.25, 0.3) is 0 Å². The van der Waals surface area contributed by atoms with Crippen LogP contribution >= 0.6 is 34.5 Å². The zero-order chi connectivity index (χ0) is 29.7. The summed E-state index contributed by atoms with van der Waals surface area (Å²) in [4.78, 5) is 30.1. The molecule has 3 atom stereocenters. The number of ether oxygens (including phenoxy) is 1. The van der Waals surface area contributed by atoms with Crippen molar-refractivity contribution in [2.24, 2.45) is 27.1 Å². The average molecular weight is 719 g/mol. The van der Waals surface area contributed by atoms with Crippen molar-refractivity contribution < 1.29 is 22.7 Å². The van der Waals surface area contributed by atoms with Crippen LogP contribution in [0.4, 0.5) is 19.0 Å². The van der Waals surface area contributed by atoms with E-state index in [1.165, 1.54) is 24.2 Å². The first-order valence-electron chi connectivity index (χ1n) is 13.9. The zero-order valence-electron chi connectivity index (χ0n) is 22.9. The van der Waals surface area contributed by atoms with Gasteiger partial charge >= 0.3 is 6.18 Å². The Labute approximate surface area is 260 Å². The number of alkyl halides is 4. The van der Waals surface area contributed by atoms with Crippen LogP contribution < -0.4 is 21.1 Å². The molecule has 5 aliphatic rings. The van der Waals surface area contributed by atoms with Gasteiger partial charge < -0.3 is 26.0 Å². The van der Waals surface area contributed by atoms with E-state index in [1.54, 1.807) is 12.3 Å². The van der Waals surface area contributed by atoms with Gasteiger partial charge in [0.25, 0.3) is 0 Å². The molecule has 1 saturated heterocycles. The molecular weight excluding hydrogens is 684 g/mol. The number of nitrogens with one attached hydrogen (secondary N) is 3. The van der Waals surface area contributed by atoms with E-state index in [1.807, 2.05) is 12.1 Å². The summed E-state index contributed by atoms with van der Waals surface area (Å²) in [6.07, 6.45) is 3.59. The lowest BCUT2D eigenvalue weighted by Gasteiger charge is -2.32. The van der Waals surface area contributed by atoms with Crippen LogP contribution in [0.2, 0.25) is 0 Å². The smallest absolute Gasteiger partial charge is 0.394 e. The molecule has 5 N–H and O–H groups in total. The number of halogens is 4. The number of anilines is 1. The Kier molecular flexibility index (Phi) is 9.87. The summed E-state index contributed by atoms with van der Waals surface area (Å²) < 4.78 is 48.5. The van der Waals surface area contributed by atoms with E-state index in [-0.39, 0.29) is 49.7 Å². The Morgan fingerprint density at radius 3 is 2.88 bits per heavy atom. The summed E-state index contributed by atoms with van der Waals surface area (Å²) in [5.74, 6) is 1.23. The topological polar surface area (TPSA) is 129 Å². The number of hydrogen-bond donors (Lipinski definition) is 4. The van der Waals surface area contributed by atoms with Gasteiger partial charge in [-0.3, -0.25) is 9.52 Å². The summed E-state index contributed by atoms with van der Waals surface area (Å²) in [5.41, 5.74) is 4.21. The van der Waals surface area contributed by atoms with Crippen molar-refractivity contribution in [2.75, 3.05) is 36.0 Å². The Hall–Kier alpha value is -2.53. The highest BCUT2D eigenvalue weighted by Gasteiger charge is 2.62. The second-order valence-electron chi connectivity index (χ2n) is 10.8. The van der Waals surface area contributed by atoms with Gasteiger partial charge in [-0.25, -0.2) is 15.0 Å². The van der Waals surface area contributed by atoms with Crippen molar-refractivity contribution in [3.8, 4) is 0 Å². The van der Waals surface area contributed by atoms with Crippen molar-refractivity contribution in [1.29, 1.82) is 0 Å². The van der Waals surface area contributed by atoms with Gasteiger partial charge in [0.15, 0.2) is 5.88 Å². The van der Waals surface area contributed by atoms with Crippen molar-refractivity contribution in [1.82, 2.24) is 19.9 Å². The van der Waals surface area contributed by atoms with E-state index in [2.05, 4.69) is 52.8 Å². The third-order valence-corrected chi connectivity index (χ3v) is 9.70. The lowest BCUT2D eigenvalue weighted by Crippen LogP contribution is -2.46. The second kappa shape index (κ2) is 13.4. The molecule has 0 radical (unpaired) electrons. The molecule has 15 heteroatoms. The number of amidine groups is 1. The van der Waals surface area contributed by atoms with E-state index in [0.717, 1.165) is 34.7 Å². The lowest BCUT2D eigenvalue weighted by atomic mass is 9.99. The number of carbonyl (C=O) groups excluding carboxylic acids is 1. The van der Waals surface area contributed by atoms with Gasteiger partial charge in [0.1, 0.15) is 23.4 Å². The van der Waals surface area contributed by atoms with Gasteiger partial charge in [0, 0.05) is 59.5 Å².